The van der Waals surface area contributed by atoms with Crippen molar-refractivity contribution >= 4 is 52.6 Å². The number of anilines is 1. The lowest BCUT2D eigenvalue weighted by Crippen LogP contribution is -2.24. The SMILES string of the molecule is CN1C(=O)NC(=O)C1=Cc1ccc(N=C(c2ccc(CN3CCCC3=O)cc2)C2C(=O)Nc3ccc([N+](=O)[O-])cc32)cc1. The van der Waals surface area contributed by atoms with Gasteiger partial charge in [-0.1, -0.05) is 36.4 Å². The van der Waals surface area contributed by atoms with E-state index in [0.717, 1.165) is 18.5 Å². The first kappa shape index (κ1) is 27.5. The molecule has 12 heteroatoms. The molecule has 2 saturated heterocycles. The van der Waals surface area contributed by atoms with E-state index in [0.29, 0.717) is 46.7 Å². The van der Waals surface area contributed by atoms with Gasteiger partial charge in [-0.3, -0.25) is 39.7 Å². The largest absolute Gasteiger partial charge is 0.338 e. The summed E-state index contributed by atoms with van der Waals surface area (Å²) < 4.78 is 0. The third-order valence-corrected chi connectivity index (χ3v) is 7.71. The molecule has 3 aromatic carbocycles. The molecule has 3 aliphatic heterocycles. The fraction of sp³-hybridized carbons (Fsp3) is 0.194. The number of likely N-dealkylation sites (N-methyl/N-ethyl adjacent to an activating group) is 1. The second kappa shape index (κ2) is 11.0. The van der Waals surface area contributed by atoms with E-state index in [-0.39, 0.29) is 23.2 Å². The molecule has 2 N–H and O–H groups in total. The van der Waals surface area contributed by atoms with Crippen molar-refractivity contribution in [3.05, 3.63) is 105 Å². The second-order valence-electron chi connectivity index (χ2n) is 10.5. The molecule has 6 rings (SSSR count). The summed E-state index contributed by atoms with van der Waals surface area (Å²) in [6.45, 7) is 1.20. The first-order valence-corrected chi connectivity index (χ1v) is 13.6. The van der Waals surface area contributed by atoms with Gasteiger partial charge in [-0.05, 0) is 47.4 Å². The zero-order valence-corrected chi connectivity index (χ0v) is 23.1. The molecule has 0 saturated carbocycles. The molecule has 5 amide bonds. The molecule has 3 aromatic rings. The third-order valence-electron chi connectivity index (χ3n) is 7.71. The van der Waals surface area contributed by atoms with Gasteiger partial charge in [0, 0.05) is 49.9 Å². The minimum Gasteiger partial charge on any atom is -0.338 e. The Bertz CT molecular complexity index is 1750. The highest BCUT2D eigenvalue weighted by Gasteiger charge is 2.37. The molecule has 1 unspecified atom stereocenters. The number of likely N-dealkylation sites (tertiary alicyclic amines) is 1. The van der Waals surface area contributed by atoms with Crippen LogP contribution in [0, 0.1) is 10.1 Å². The number of benzene rings is 3. The molecule has 3 aliphatic rings. The topological polar surface area (TPSA) is 154 Å². The van der Waals surface area contributed by atoms with Crippen molar-refractivity contribution in [2.75, 3.05) is 18.9 Å². The Morgan fingerprint density at radius 1 is 1.02 bits per heavy atom. The van der Waals surface area contributed by atoms with Crippen LogP contribution in [0.2, 0.25) is 0 Å². The average Bonchev–Trinajstić information content (AvgIpc) is 3.62. The van der Waals surface area contributed by atoms with Crippen molar-refractivity contribution in [1.82, 2.24) is 15.1 Å². The summed E-state index contributed by atoms with van der Waals surface area (Å²) in [5.41, 5.74) is 4.14. The monoisotopic (exact) mass is 578 g/mol. The molecule has 0 bridgehead atoms. The van der Waals surface area contributed by atoms with E-state index in [1.807, 2.05) is 29.2 Å². The Morgan fingerprint density at radius 3 is 2.40 bits per heavy atom. The van der Waals surface area contributed by atoms with E-state index in [2.05, 4.69) is 10.6 Å². The van der Waals surface area contributed by atoms with Crippen molar-refractivity contribution < 1.29 is 24.1 Å². The highest BCUT2D eigenvalue weighted by molar-refractivity contribution is 6.24. The maximum atomic E-state index is 13.3. The summed E-state index contributed by atoms with van der Waals surface area (Å²) in [5, 5.41) is 16.6. The number of urea groups is 1. The van der Waals surface area contributed by atoms with E-state index in [4.69, 9.17) is 4.99 Å². The minimum absolute atomic E-state index is 0.123. The Kier molecular flexibility index (Phi) is 7.02. The van der Waals surface area contributed by atoms with Gasteiger partial charge in [-0.2, -0.15) is 0 Å². The van der Waals surface area contributed by atoms with E-state index < -0.39 is 22.8 Å². The Labute approximate surface area is 245 Å². The van der Waals surface area contributed by atoms with Crippen molar-refractivity contribution in [1.29, 1.82) is 0 Å². The number of nitrogens with zero attached hydrogens (tertiary/aromatic N) is 4. The molecule has 0 spiro atoms. The van der Waals surface area contributed by atoms with Gasteiger partial charge in [0.2, 0.25) is 11.8 Å². The molecule has 1 atom stereocenters. The summed E-state index contributed by atoms with van der Waals surface area (Å²) in [6.07, 6.45) is 2.97. The van der Waals surface area contributed by atoms with E-state index in [9.17, 15) is 29.3 Å². The van der Waals surface area contributed by atoms with E-state index in [1.165, 1.54) is 30.1 Å². The summed E-state index contributed by atoms with van der Waals surface area (Å²) in [6, 6.07) is 18.1. The van der Waals surface area contributed by atoms with Crippen LogP contribution >= 0.6 is 0 Å². The number of fused-ring (bicyclic) bond motifs is 1. The van der Waals surface area contributed by atoms with Crippen LogP contribution in [0.5, 0.6) is 0 Å². The number of nitro benzene ring substituents is 1. The first-order chi connectivity index (χ1) is 20.7. The maximum absolute atomic E-state index is 13.3. The number of nitrogens with one attached hydrogen (secondary N) is 2. The molecule has 3 heterocycles. The predicted octanol–water partition coefficient (Wildman–Crippen LogP) is 4.10. The molecule has 0 aliphatic carbocycles. The van der Waals surface area contributed by atoms with Crippen LogP contribution in [0.15, 0.2) is 77.4 Å². The molecule has 216 valence electrons. The number of imide groups is 1. The molecule has 0 radical (unpaired) electrons. The zero-order chi connectivity index (χ0) is 30.2. The van der Waals surface area contributed by atoms with Gasteiger partial charge < -0.3 is 10.2 Å². The predicted molar refractivity (Wildman–Crippen MR) is 157 cm³/mol. The molecule has 0 aromatic heterocycles. The second-order valence-corrected chi connectivity index (χ2v) is 10.5. The Hall–Kier alpha value is -5.65. The van der Waals surface area contributed by atoms with Gasteiger partial charge in [0.05, 0.1) is 16.3 Å². The standard InChI is InChI=1S/C31H26N6O6/c1-35-25(29(39)34-31(35)41)15-18-6-10-21(11-7-18)32-28(20-8-4-19(5-9-20)17-36-14-2-3-26(36)38)27-23-16-22(37(42)43)12-13-24(23)33-30(27)40/h4-13,15-16,27H,2-3,14,17H2,1H3,(H,33,40)(H,34,39,41). The summed E-state index contributed by atoms with van der Waals surface area (Å²) in [7, 11) is 1.50. The van der Waals surface area contributed by atoms with E-state index >= 15 is 0 Å². The minimum atomic E-state index is -0.912. The lowest BCUT2D eigenvalue weighted by molar-refractivity contribution is -0.384. The van der Waals surface area contributed by atoms with Gasteiger partial charge >= 0.3 is 6.03 Å². The van der Waals surface area contributed by atoms with Crippen LogP contribution < -0.4 is 10.6 Å². The van der Waals surface area contributed by atoms with Gasteiger partial charge in [0.1, 0.15) is 11.6 Å². The van der Waals surface area contributed by atoms with Crippen molar-refractivity contribution in [3.8, 4) is 0 Å². The average molecular weight is 579 g/mol. The normalized spacial score (nSPS) is 19.2. The number of rotatable bonds is 7. The number of hydrogen-bond acceptors (Lipinski definition) is 7. The highest BCUT2D eigenvalue weighted by atomic mass is 16.6. The van der Waals surface area contributed by atoms with Crippen LogP contribution in [-0.2, 0) is 20.9 Å². The quantitative estimate of drug-likeness (QED) is 0.141. The van der Waals surface area contributed by atoms with E-state index in [1.54, 1.807) is 30.3 Å². The van der Waals surface area contributed by atoms with Gasteiger partial charge in [0.25, 0.3) is 11.6 Å². The number of carbonyl (C=O) groups excluding carboxylic acids is 4. The van der Waals surface area contributed by atoms with Crippen molar-refractivity contribution in [2.24, 2.45) is 4.99 Å². The number of nitro groups is 1. The summed E-state index contributed by atoms with van der Waals surface area (Å²) in [5.74, 6) is -1.64. The highest BCUT2D eigenvalue weighted by Crippen LogP contribution is 2.38. The number of non-ortho nitro benzene ring substituents is 1. The molecular weight excluding hydrogens is 552 g/mol. The molecule has 12 nitrogen and oxygen atoms in total. The lowest BCUT2D eigenvalue weighted by atomic mass is 9.90. The third kappa shape index (κ3) is 5.37. The number of amides is 5. The maximum Gasteiger partial charge on any atom is 0.328 e. The smallest absolute Gasteiger partial charge is 0.328 e. The van der Waals surface area contributed by atoms with Crippen molar-refractivity contribution in [2.45, 2.75) is 25.3 Å². The lowest BCUT2D eigenvalue weighted by Gasteiger charge is -2.17. The van der Waals surface area contributed by atoms with Crippen LogP contribution in [0.4, 0.5) is 21.9 Å². The first-order valence-electron chi connectivity index (χ1n) is 13.6. The fourth-order valence-corrected chi connectivity index (χ4v) is 5.41. The zero-order valence-electron chi connectivity index (χ0n) is 23.1. The fourth-order valence-electron chi connectivity index (χ4n) is 5.41. The summed E-state index contributed by atoms with van der Waals surface area (Å²) >= 11 is 0. The Balaban J connectivity index is 1.37. The number of hydrogen-bond donors (Lipinski definition) is 2. The number of carbonyl (C=O) groups is 4. The molecular formula is C31H26N6O6. The number of aliphatic imine (C=N–C) groups is 1. The van der Waals surface area contributed by atoms with Crippen molar-refractivity contribution in [3.63, 3.8) is 0 Å². The Morgan fingerprint density at radius 2 is 1.77 bits per heavy atom. The van der Waals surface area contributed by atoms with Crippen LogP contribution in [-0.4, -0.2) is 57.8 Å². The van der Waals surface area contributed by atoms with Crippen LogP contribution in [0.1, 0.15) is 41.0 Å². The van der Waals surface area contributed by atoms with Crippen LogP contribution in [0.25, 0.3) is 6.08 Å². The van der Waals surface area contributed by atoms with Gasteiger partial charge in [0.15, 0.2) is 0 Å². The van der Waals surface area contributed by atoms with Gasteiger partial charge in [-0.25, -0.2) is 4.79 Å². The van der Waals surface area contributed by atoms with Gasteiger partial charge in [-0.15, -0.1) is 0 Å². The van der Waals surface area contributed by atoms with Crippen LogP contribution in [0.3, 0.4) is 0 Å². The molecule has 43 heavy (non-hydrogen) atoms. The summed E-state index contributed by atoms with van der Waals surface area (Å²) in [4.78, 5) is 68.2. The molecule has 2 fully saturated rings.